The van der Waals surface area contributed by atoms with Crippen LogP contribution in [0.15, 0.2) is 155 Å². The van der Waals surface area contributed by atoms with Crippen LogP contribution in [0.25, 0.3) is 17.4 Å². The maximum absolute atomic E-state index is 13.7. The molecule has 0 saturated heterocycles. The Labute approximate surface area is 306 Å². The summed E-state index contributed by atoms with van der Waals surface area (Å²) in [6.45, 7) is 3.99. The predicted molar refractivity (Wildman–Crippen MR) is 207 cm³/mol. The van der Waals surface area contributed by atoms with Crippen LogP contribution in [0.2, 0.25) is 0 Å². The summed E-state index contributed by atoms with van der Waals surface area (Å²) in [5, 5.41) is 8.20. The number of ether oxygens (including phenoxy) is 1. The zero-order chi connectivity index (χ0) is 36.5. The van der Waals surface area contributed by atoms with E-state index in [0.717, 1.165) is 32.8 Å². The topological polar surface area (TPSA) is 110 Å². The van der Waals surface area contributed by atoms with Gasteiger partial charge in [0.05, 0.1) is 12.7 Å². The monoisotopic (exact) mass is 707 g/mol. The molecule has 52 heavy (non-hydrogen) atoms. The van der Waals surface area contributed by atoms with Gasteiger partial charge in [0.1, 0.15) is 28.2 Å². The minimum Gasteiger partial charge on any atom is -0.496 e. The van der Waals surface area contributed by atoms with Gasteiger partial charge in [-0.15, -0.1) is 11.8 Å². The van der Waals surface area contributed by atoms with Crippen LogP contribution in [0.4, 0.5) is 11.4 Å². The van der Waals surface area contributed by atoms with Gasteiger partial charge in [-0.2, -0.15) is 0 Å². The average molecular weight is 708 g/mol. The van der Waals surface area contributed by atoms with Gasteiger partial charge in [-0.25, -0.2) is 0 Å². The molecule has 0 aliphatic carbocycles. The van der Waals surface area contributed by atoms with E-state index in [1.54, 1.807) is 55.6 Å². The molecular weight excluding hydrogens is 671 g/mol. The molecule has 9 heteroatoms. The smallest absolute Gasteiger partial charge is 0.272 e. The first-order valence-electron chi connectivity index (χ1n) is 16.6. The van der Waals surface area contributed by atoms with Gasteiger partial charge in [0.2, 0.25) is 5.91 Å². The molecule has 6 rings (SSSR count). The van der Waals surface area contributed by atoms with E-state index in [1.165, 1.54) is 17.8 Å². The number of benzene rings is 5. The predicted octanol–water partition coefficient (Wildman–Crippen LogP) is 9.45. The Bertz CT molecular complexity index is 2210. The summed E-state index contributed by atoms with van der Waals surface area (Å²) in [6.07, 6.45) is 1.48. The molecule has 0 unspecified atom stereocenters. The van der Waals surface area contributed by atoms with Crippen molar-refractivity contribution in [2.45, 2.75) is 24.0 Å². The molecule has 6 aromatic rings. The van der Waals surface area contributed by atoms with Crippen LogP contribution in [0.5, 0.6) is 5.75 Å². The fraction of sp³-hybridized carbons (Fsp3) is 0.0930. The molecule has 8 nitrogen and oxygen atoms in total. The highest BCUT2D eigenvalue weighted by molar-refractivity contribution is 8.00. The number of hydrogen-bond donors (Lipinski definition) is 3. The minimum atomic E-state index is -0.546. The minimum absolute atomic E-state index is 0.0135. The molecule has 3 N–H and O–H groups in total. The van der Waals surface area contributed by atoms with Crippen LogP contribution >= 0.6 is 11.8 Å². The van der Waals surface area contributed by atoms with Crippen molar-refractivity contribution >= 4 is 46.9 Å². The van der Waals surface area contributed by atoms with Gasteiger partial charge in [0, 0.05) is 27.9 Å². The van der Waals surface area contributed by atoms with E-state index in [4.69, 9.17) is 9.15 Å². The Morgan fingerprint density at radius 1 is 0.750 bits per heavy atom. The highest BCUT2D eigenvalue weighted by Gasteiger charge is 2.23. The third kappa shape index (κ3) is 8.88. The quantitative estimate of drug-likeness (QED) is 0.0864. The summed E-state index contributed by atoms with van der Waals surface area (Å²) < 4.78 is 11.5. The standard InChI is InChI=1S/C43H37N3O5S/c1-28-18-24-36(29(2)26-28)45-43(49)40(30-12-6-4-7-13-30)52-34-22-19-32(20-23-34)44-42(48)37(46-41(47)31-14-8-5-9-15-31)27-33-21-25-39(51-33)35-16-10-11-17-38(35)50-3/h4-27,40H,1-3H3,(H,44,48)(H,45,49)(H,46,47)/b37-27-/t40-/m0/s1. The summed E-state index contributed by atoms with van der Waals surface area (Å²) in [5.74, 6) is 0.406. The van der Waals surface area contributed by atoms with Gasteiger partial charge in [-0.05, 0) is 91.7 Å². The molecule has 1 aromatic heterocycles. The van der Waals surface area contributed by atoms with Gasteiger partial charge in [-0.1, -0.05) is 78.4 Å². The van der Waals surface area contributed by atoms with Crippen molar-refractivity contribution in [2.75, 3.05) is 17.7 Å². The lowest BCUT2D eigenvalue weighted by Crippen LogP contribution is -2.30. The van der Waals surface area contributed by atoms with Crippen molar-refractivity contribution in [1.82, 2.24) is 5.32 Å². The second-order valence-corrected chi connectivity index (χ2v) is 13.2. The third-order valence-electron chi connectivity index (χ3n) is 8.16. The van der Waals surface area contributed by atoms with E-state index in [-0.39, 0.29) is 11.6 Å². The molecule has 1 heterocycles. The number of nitrogens with one attached hydrogen (secondary N) is 3. The van der Waals surface area contributed by atoms with Crippen molar-refractivity contribution < 1.29 is 23.5 Å². The van der Waals surface area contributed by atoms with Crippen molar-refractivity contribution in [3.05, 3.63) is 173 Å². The normalized spacial score (nSPS) is 11.7. The number of anilines is 2. The third-order valence-corrected chi connectivity index (χ3v) is 9.43. The summed E-state index contributed by atoms with van der Waals surface area (Å²) in [7, 11) is 1.58. The Kier molecular flexibility index (Phi) is 11.3. The summed E-state index contributed by atoms with van der Waals surface area (Å²) in [4.78, 5) is 41.4. The molecule has 5 aromatic carbocycles. The number of rotatable bonds is 12. The molecule has 0 fully saturated rings. The van der Waals surface area contributed by atoms with Gasteiger partial charge in [0.15, 0.2) is 0 Å². The summed E-state index contributed by atoms with van der Waals surface area (Å²) in [5.41, 5.74) is 5.37. The zero-order valence-corrected chi connectivity index (χ0v) is 29.7. The first-order chi connectivity index (χ1) is 25.3. The van der Waals surface area contributed by atoms with Crippen LogP contribution in [0, 0.1) is 13.8 Å². The fourth-order valence-corrected chi connectivity index (χ4v) is 6.54. The number of methoxy groups -OCH3 is 1. The number of amides is 3. The molecule has 0 bridgehead atoms. The Morgan fingerprint density at radius 2 is 1.44 bits per heavy atom. The van der Waals surface area contributed by atoms with Crippen molar-refractivity contribution in [1.29, 1.82) is 0 Å². The van der Waals surface area contributed by atoms with Crippen LogP contribution in [0.1, 0.15) is 38.1 Å². The molecule has 1 atom stereocenters. The molecule has 0 radical (unpaired) electrons. The molecule has 260 valence electrons. The maximum atomic E-state index is 13.7. The van der Waals surface area contributed by atoms with Crippen LogP contribution in [0.3, 0.4) is 0 Å². The Balaban J connectivity index is 1.21. The Morgan fingerprint density at radius 3 is 2.15 bits per heavy atom. The number of furan rings is 1. The van der Waals surface area contributed by atoms with Crippen molar-refractivity contribution in [3.63, 3.8) is 0 Å². The lowest BCUT2D eigenvalue weighted by atomic mass is 10.1. The van der Waals surface area contributed by atoms with Gasteiger partial charge < -0.3 is 25.1 Å². The lowest BCUT2D eigenvalue weighted by Gasteiger charge is -2.18. The highest BCUT2D eigenvalue weighted by atomic mass is 32.2. The first-order valence-corrected chi connectivity index (χ1v) is 17.5. The summed E-state index contributed by atoms with van der Waals surface area (Å²) >= 11 is 1.41. The van der Waals surface area contributed by atoms with E-state index >= 15 is 0 Å². The number of thioether (sulfide) groups is 1. The second-order valence-electron chi connectivity index (χ2n) is 12.0. The van der Waals surface area contributed by atoms with Crippen LogP contribution < -0.4 is 20.7 Å². The fourth-order valence-electron chi connectivity index (χ4n) is 5.51. The Hall–Kier alpha value is -6.32. The number of para-hydroxylation sites is 1. The SMILES string of the molecule is COc1ccccc1-c1ccc(/C=C(\NC(=O)c2ccccc2)C(=O)Nc2ccc(S[C@H](C(=O)Nc3ccc(C)cc3C)c3ccccc3)cc2)o1. The van der Waals surface area contributed by atoms with Crippen LogP contribution in [-0.4, -0.2) is 24.8 Å². The zero-order valence-electron chi connectivity index (χ0n) is 28.9. The van der Waals surface area contributed by atoms with E-state index < -0.39 is 17.1 Å². The van der Waals surface area contributed by atoms with Gasteiger partial charge in [0.25, 0.3) is 11.8 Å². The number of hydrogen-bond acceptors (Lipinski definition) is 6. The second kappa shape index (κ2) is 16.6. The first kappa shape index (κ1) is 35.5. The molecule has 0 aliphatic rings. The molecule has 3 amide bonds. The van der Waals surface area contributed by atoms with E-state index in [2.05, 4.69) is 16.0 Å². The van der Waals surface area contributed by atoms with Gasteiger partial charge >= 0.3 is 0 Å². The summed E-state index contributed by atoms with van der Waals surface area (Å²) in [6, 6.07) is 42.3. The average Bonchev–Trinajstić information content (AvgIpc) is 3.64. The molecule has 0 saturated carbocycles. The van der Waals surface area contributed by atoms with E-state index in [9.17, 15) is 14.4 Å². The number of carbonyl (C=O) groups is 3. The van der Waals surface area contributed by atoms with Gasteiger partial charge in [-0.3, -0.25) is 14.4 Å². The maximum Gasteiger partial charge on any atom is 0.272 e. The van der Waals surface area contributed by atoms with E-state index in [1.807, 2.05) is 105 Å². The van der Waals surface area contributed by atoms with Crippen molar-refractivity contribution in [3.8, 4) is 17.1 Å². The molecule has 0 spiro atoms. The highest BCUT2D eigenvalue weighted by Crippen LogP contribution is 2.37. The lowest BCUT2D eigenvalue weighted by molar-refractivity contribution is -0.116. The van der Waals surface area contributed by atoms with E-state index in [0.29, 0.717) is 28.5 Å². The van der Waals surface area contributed by atoms with Crippen molar-refractivity contribution in [2.24, 2.45) is 0 Å². The van der Waals surface area contributed by atoms with Crippen LogP contribution in [-0.2, 0) is 9.59 Å². The number of aryl methyl sites for hydroxylation is 2. The molecule has 0 aliphatic heterocycles. The largest absolute Gasteiger partial charge is 0.496 e. The molecular formula is C43H37N3O5S. The number of carbonyl (C=O) groups excluding carboxylic acids is 3.